The molecule has 0 aromatic heterocycles. The zero-order valence-corrected chi connectivity index (χ0v) is 11.5. The highest BCUT2D eigenvalue weighted by molar-refractivity contribution is 7.98. The van der Waals surface area contributed by atoms with Crippen molar-refractivity contribution >= 4 is 11.8 Å². The summed E-state index contributed by atoms with van der Waals surface area (Å²) in [6.45, 7) is 10.6. The van der Waals surface area contributed by atoms with Crippen LogP contribution in [0.25, 0.3) is 0 Å². The number of hydrogen-bond acceptors (Lipinski definition) is 3. The van der Waals surface area contributed by atoms with E-state index in [1.165, 1.54) is 38.2 Å². The van der Waals surface area contributed by atoms with Crippen LogP contribution in [0.1, 0.15) is 33.6 Å². The topological polar surface area (TPSA) is 15.3 Å². The molecule has 1 N–H and O–H groups in total. The molecule has 0 aromatic rings. The van der Waals surface area contributed by atoms with Crippen molar-refractivity contribution in [1.82, 2.24) is 10.2 Å². The lowest BCUT2D eigenvalue weighted by Gasteiger charge is -2.34. The molecule has 1 heterocycles. The van der Waals surface area contributed by atoms with Crippen molar-refractivity contribution in [2.75, 3.05) is 31.6 Å². The van der Waals surface area contributed by atoms with Gasteiger partial charge in [-0.15, -0.1) is 0 Å². The average molecular weight is 230 g/mol. The molecule has 0 bridgehead atoms. The summed E-state index contributed by atoms with van der Waals surface area (Å²) >= 11 is 1.96. The van der Waals surface area contributed by atoms with Gasteiger partial charge in [-0.3, -0.25) is 4.90 Å². The number of nitrogens with zero attached hydrogens (tertiary/aromatic N) is 1. The second kappa shape index (κ2) is 6.12. The second-order valence-electron chi connectivity index (χ2n) is 5.27. The summed E-state index contributed by atoms with van der Waals surface area (Å²) in [5.41, 5.74) is 0.282. The molecule has 0 radical (unpaired) electrons. The fourth-order valence-electron chi connectivity index (χ4n) is 2.20. The maximum absolute atomic E-state index is 3.61. The van der Waals surface area contributed by atoms with Crippen LogP contribution in [0.4, 0.5) is 0 Å². The van der Waals surface area contributed by atoms with Crippen LogP contribution in [-0.2, 0) is 0 Å². The zero-order valence-electron chi connectivity index (χ0n) is 10.7. The number of nitrogens with one attached hydrogen (secondary N) is 1. The summed E-state index contributed by atoms with van der Waals surface area (Å²) in [4.78, 5) is 2.65. The highest BCUT2D eigenvalue weighted by Crippen LogP contribution is 2.15. The molecule has 3 heteroatoms. The number of thioether (sulfide) groups is 1. The Morgan fingerprint density at radius 1 is 1.47 bits per heavy atom. The van der Waals surface area contributed by atoms with Gasteiger partial charge in [-0.1, -0.05) is 0 Å². The quantitative estimate of drug-likeness (QED) is 0.797. The van der Waals surface area contributed by atoms with Crippen LogP contribution in [0.2, 0.25) is 0 Å². The van der Waals surface area contributed by atoms with Gasteiger partial charge in [-0.05, 0) is 58.7 Å². The first-order chi connectivity index (χ1) is 7.05. The smallest absolute Gasteiger partial charge is 0.0252 e. The molecule has 0 aliphatic carbocycles. The van der Waals surface area contributed by atoms with E-state index in [-0.39, 0.29) is 5.54 Å². The fourth-order valence-corrected chi connectivity index (χ4v) is 2.78. The minimum atomic E-state index is 0.282. The van der Waals surface area contributed by atoms with Gasteiger partial charge in [0.05, 0.1) is 0 Å². The maximum atomic E-state index is 3.61. The molecule has 1 fully saturated rings. The summed E-state index contributed by atoms with van der Waals surface area (Å²) in [6, 6.07) is 0.733. The van der Waals surface area contributed by atoms with Gasteiger partial charge in [-0.25, -0.2) is 0 Å². The molecule has 1 saturated heterocycles. The molecular formula is C12H26N2S. The van der Waals surface area contributed by atoms with E-state index in [0.29, 0.717) is 0 Å². The molecule has 0 aromatic carbocycles. The summed E-state index contributed by atoms with van der Waals surface area (Å²) in [6.07, 6.45) is 4.80. The van der Waals surface area contributed by atoms with Gasteiger partial charge in [0.25, 0.3) is 0 Å². The molecule has 1 aliphatic heterocycles. The predicted molar refractivity (Wildman–Crippen MR) is 70.7 cm³/mol. The summed E-state index contributed by atoms with van der Waals surface area (Å²) in [5, 5.41) is 3.61. The molecule has 0 saturated carbocycles. The minimum Gasteiger partial charge on any atom is -0.310 e. The molecule has 0 amide bonds. The van der Waals surface area contributed by atoms with Crippen LogP contribution < -0.4 is 5.32 Å². The lowest BCUT2D eigenvalue weighted by atomic mass is 10.0. The Balaban J connectivity index is 2.44. The van der Waals surface area contributed by atoms with Crippen molar-refractivity contribution in [2.24, 2.45) is 0 Å². The van der Waals surface area contributed by atoms with Crippen LogP contribution in [0.15, 0.2) is 0 Å². The maximum Gasteiger partial charge on any atom is 0.0252 e. The molecule has 1 unspecified atom stereocenters. The monoisotopic (exact) mass is 230 g/mol. The lowest BCUT2D eigenvalue weighted by Crippen LogP contribution is -2.48. The SMILES string of the molecule is CSCCC(C)N1CCCNC(C)(C)C1. The fraction of sp³-hybridized carbons (Fsp3) is 1.00. The largest absolute Gasteiger partial charge is 0.310 e. The number of rotatable bonds is 4. The van der Waals surface area contributed by atoms with Crippen LogP contribution in [0.5, 0.6) is 0 Å². The molecule has 1 atom stereocenters. The first kappa shape index (κ1) is 13.3. The first-order valence-electron chi connectivity index (χ1n) is 6.03. The normalized spacial score (nSPS) is 24.8. The van der Waals surface area contributed by atoms with Gasteiger partial charge in [-0.2, -0.15) is 11.8 Å². The molecule has 2 nitrogen and oxygen atoms in total. The Labute approximate surface area is 99.2 Å². The van der Waals surface area contributed by atoms with Gasteiger partial charge in [0.15, 0.2) is 0 Å². The van der Waals surface area contributed by atoms with E-state index in [1.54, 1.807) is 0 Å². The van der Waals surface area contributed by atoms with Gasteiger partial charge in [0.2, 0.25) is 0 Å². The molecule has 1 rings (SSSR count). The second-order valence-corrected chi connectivity index (χ2v) is 6.25. The Hall–Kier alpha value is 0.270. The van der Waals surface area contributed by atoms with Crippen LogP contribution in [0.3, 0.4) is 0 Å². The summed E-state index contributed by atoms with van der Waals surface area (Å²) < 4.78 is 0. The molecule has 0 spiro atoms. The van der Waals surface area contributed by atoms with Crippen molar-refractivity contribution in [3.63, 3.8) is 0 Å². The van der Waals surface area contributed by atoms with Gasteiger partial charge in [0, 0.05) is 18.1 Å². The standard InChI is InChI=1S/C12H26N2S/c1-11(6-9-15-4)14-8-5-7-13-12(2,3)10-14/h11,13H,5-10H2,1-4H3. The van der Waals surface area contributed by atoms with Crippen LogP contribution in [-0.4, -0.2) is 48.1 Å². The van der Waals surface area contributed by atoms with Crippen molar-refractivity contribution < 1.29 is 0 Å². The number of hydrogen-bond donors (Lipinski definition) is 1. The molecule has 15 heavy (non-hydrogen) atoms. The Bertz CT molecular complexity index is 182. The Morgan fingerprint density at radius 3 is 2.87 bits per heavy atom. The average Bonchev–Trinajstić information content (AvgIpc) is 2.35. The third-order valence-corrected chi connectivity index (χ3v) is 3.83. The first-order valence-corrected chi connectivity index (χ1v) is 7.42. The zero-order chi connectivity index (χ0) is 11.3. The van der Waals surface area contributed by atoms with E-state index < -0.39 is 0 Å². The summed E-state index contributed by atoms with van der Waals surface area (Å²) in [7, 11) is 0. The summed E-state index contributed by atoms with van der Waals surface area (Å²) in [5.74, 6) is 1.28. The lowest BCUT2D eigenvalue weighted by molar-refractivity contribution is 0.176. The Kier molecular flexibility index (Phi) is 5.44. The van der Waals surface area contributed by atoms with E-state index in [9.17, 15) is 0 Å². The van der Waals surface area contributed by atoms with Crippen molar-refractivity contribution in [2.45, 2.75) is 45.2 Å². The van der Waals surface area contributed by atoms with Gasteiger partial charge >= 0.3 is 0 Å². The highest BCUT2D eigenvalue weighted by atomic mass is 32.2. The van der Waals surface area contributed by atoms with E-state index in [0.717, 1.165) is 6.04 Å². The Morgan fingerprint density at radius 2 is 2.20 bits per heavy atom. The van der Waals surface area contributed by atoms with Crippen molar-refractivity contribution in [3.8, 4) is 0 Å². The van der Waals surface area contributed by atoms with E-state index in [2.05, 4.69) is 37.2 Å². The molecule has 90 valence electrons. The third kappa shape index (κ3) is 4.75. The molecular weight excluding hydrogens is 204 g/mol. The van der Waals surface area contributed by atoms with Crippen molar-refractivity contribution in [3.05, 3.63) is 0 Å². The van der Waals surface area contributed by atoms with Gasteiger partial charge in [0.1, 0.15) is 0 Å². The van der Waals surface area contributed by atoms with E-state index in [4.69, 9.17) is 0 Å². The third-order valence-electron chi connectivity index (χ3n) is 3.19. The van der Waals surface area contributed by atoms with E-state index in [1.807, 2.05) is 11.8 Å². The van der Waals surface area contributed by atoms with Gasteiger partial charge < -0.3 is 5.32 Å². The van der Waals surface area contributed by atoms with Crippen molar-refractivity contribution in [1.29, 1.82) is 0 Å². The molecule has 1 aliphatic rings. The van der Waals surface area contributed by atoms with Crippen LogP contribution in [0, 0.1) is 0 Å². The predicted octanol–water partition coefficient (Wildman–Crippen LogP) is 2.20. The van der Waals surface area contributed by atoms with Crippen LogP contribution >= 0.6 is 11.8 Å². The van der Waals surface area contributed by atoms with E-state index >= 15 is 0 Å². The minimum absolute atomic E-state index is 0.282. The highest BCUT2D eigenvalue weighted by Gasteiger charge is 2.26.